The molecule has 2 unspecified atom stereocenters. The summed E-state index contributed by atoms with van der Waals surface area (Å²) in [5, 5.41) is 6.77. The van der Waals surface area contributed by atoms with Gasteiger partial charge >= 0.3 is 0 Å². The van der Waals surface area contributed by atoms with Gasteiger partial charge in [-0.05, 0) is 36.6 Å². The molecular formula is C12H15N3OS. The third kappa shape index (κ3) is 1.95. The van der Waals surface area contributed by atoms with E-state index < -0.39 is 0 Å². The van der Waals surface area contributed by atoms with Crippen molar-refractivity contribution in [3.63, 3.8) is 0 Å². The molecule has 0 radical (unpaired) electrons. The quantitative estimate of drug-likeness (QED) is 0.887. The van der Waals surface area contributed by atoms with Gasteiger partial charge < -0.3 is 10.3 Å². The normalized spacial score (nSPS) is 24.3. The summed E-state index contributed by atoms with van der Waals surface area (Å²) in [6, 6.07) is 1.93. The first-order valence-corrected chi connectivity index (χ1v) is 6.79. The Morgan fingerprint density at radius 2 is 2.35 bits per heavy atom. The van der Waals surface area contributed by atoms with E-state index in [4.69, 9.17) is 10.3 Å². The summed E-state index contributed by atoms with van der Waals surface area (Å²) < 4.78 is 5.30. The van der Waals surface area contributed by atoms with Crippen LogP contribution in [0.25, 0.3) is 11.5 Å². The van der Waals surface area contributed by atoms with Gasteiger partial charge in [-0.15, -0.1) is 11.3 Å². The Bertz CT molecular complexity index is 519. The molecule has 2 aromatic rings. The minimum absolute atomic E-state index is 0.461. The second-order valence-corrected chi connectivity index (χ2v) is 5.72. The van der Waals surface area contributed by atoms with Crippen molar-refractivity contribution < 1.29 is 4.52 Å². The summed E-state index contributed by atoms with van der Waals surface area (Å²) in [5.41, 5.74) is 6.71. The lowest BCUT2D eigenvalue weighted by Gasteiger charge is -2.01. The van der Waals surface area contributed by atoms with Gasteiger partial charge in [-0.1, -0.05) is 12.1 Å². The second-order valence-electron chi connectivity index (χ2n) is 4.77. The monoisotopic (exact) mass is 249 g/mol. The smallest absolute Gasteiger partial charge is 0.260 e. The van der Waals surface area contributed by atoms with Gasteiger partial charge in [0.1, 0.15) is 0 Å². The predicted molar refractivity (Wildman–Crippen MR) is 67.8 cm³/mol. The molecule has 3 rings (SSSR count). The summed E-state index contributed by atoms with van der Waals surface area (Å²) in [5.74, 6) is 2.63. The topological polar surface area (TPSA) is 64.9 Å². The van der Waals surface area contributed by atoms with Crippen LogP contribution in [-0.4, -0.2) is 10.1 Å². The summed E-state index contributed by atoms with van der Waals surface area (Å²) in [6.07, 6.45) is 3.59. The number of aromatic nitrogens is 2. The van der Waals surface area contributed by atoms with Gasteiger partial charge in [0.2, 0.25) is 0 Å². The number of nitrogen functional groups attached to an aromatic ring is 1. The van der Waals surface area contributed by atoms with Crippen LogP contribution in [0.15, 0.2) is 16.0 Å². The third-order valence-corrected chi connectivity index (χ3v) is 4.17. The standard InChI is InChI=1S/C12H15N3OS/c1-7-2-3-8(6-7)11-14-12(16-15-11)9-4-5-17-10(9)13/h4-5,7-8H,2-3,6,13H2,1H3. The molecule has 5 heteroatoms. The van der Waals surface area contributed by atoms with E-state index in [2.05, 4.69) is 17.1 Å². The van der Waals surface area contributed by atoms with Gasteiger partial charge in [0.15, 0.2) is 5.82 Å². The maximum Gasteiger partial charge on any atom is 0.260 e. The Morgan fingerprint density at radius 3 is 3.00 bits per heavy atom. The van der Waals surface area contributed by atoms with Crippen molar-refractivity contribution in [3.05, 3.63) is 17.3 Å². The van der Waals surface area contributed by atoms with Crippen LogP contribution in [0.4, 0.5) is 5.00 Å². The largest absolute Gasteiger partial charge is 0.390 e. The molecule has 0 amide bonds. The fourth-order valence-electron chi connectivity index (χ4n) is 2.45. The van der Waals surface area contributed by atoms with E-state index in [1.54, 1.807) is 0 Å². The van der Waals surface area contributed by atoms with Crippen LogP contribution in [-0.2, 0) is 0 Å². The molecule has 2 aromatic heterocycles. The number of rotatable bonds is 2. The van der Waals surface area contributed by atoms with Gasteiger partial charge in [0.05, 0.1) is 10.6 Å². The Balaban J connectivity index is 1.86. The Morgan fingerprint density at radius 1 is 1.47 bits per heavy atom. The second kappa shape index (κ2) is 4.14. The van der Waals surface area contributed by atoms with Crippen molar-refractivity contribution in [2.24, 2.45) is 5.92 Å². The van der Waals surface area contributed by atoms with Gasteiger partial charge in [-0.2, -0.15) is 4.98 Å². The minimum Gasteiger partial charge on any atom is -0.390 e. The molecule has 4 nitrogen and oxygen atoms in total. The van der Waals surface area contributed by atoms with E-state index >= 15 is 0 Å². The minimum atomic E-state index is 0.461. The van der Waals surface area contributed by atoms with Crippen molar-refractivity contribution in [2.75, 3.05) is 5.73 Å². The summed E-state index contributed by atoms with van der Waals surface area (Å²) in [7, 11) is 0. The lowest BCUT2D eigenvalue weighted by molar-refractivity contribution is 0.415. The molecule has 0 bridgehead atoms. The van der Waals surface area contributed by atoms with Crippen molar-refractivity contribution in [2.45, 2.75) is 32.1 Å². The predicted octanol–water partition coefficient (Wildman–Crippen LogP) is 3.28. The van der Waals surface area contributed by atoms with E-state index in [-0.39, 0.29) is 0 Å². The van der Waals surface area contributed by atoms with Crippen LogP contribution in [0, 0.1) is 5.92 Å². The Kier molecular flexibility index (Phi) is 2.63. The van der Waals surface area contributed by atoms with E-state index in [9.17, 15) is 0 Å². The first kappa shape index (κ1) is 10.8. The Hall–Kier alpha value is -1.36. The molecule has 0 saturated heterocycles. The van der Waals surface area contributed by atoms with Crippen molar-refractivity contribution in [1.29, 1.82) is 0 Å². The third-order valence-electron chi connectivity index (χ3n) is 3.43. The molecule has 1 aliphatic rings. The van der Waals surface area contributed by atoms with Crippen molar-refractivity contribution in [1.82, 2.24) is 10.1 Å². The summed E-state index contributed by atoms with van der Waals surface area (Å²) in [6.45, 7) is 2.28. The number of anilines is 1. The molecule has 1 saturated carbocycles. The number of nitrogens with two attached hydrogens (primary N) is 1. The zero-order valence-corrected chi connectivity index (χ0v) is 10.5. The lowest BCUT2D eigenvalue weighted by atomic mass is 10.1. The van der Waals surface area contributed by atoms with Crippen LogP contribution in [0.2, 0.25) is 0 Å². The first-order chi connectivity index (χ1) is 8.24. The number of nitrogens with zero attached hydrogens (tertiary/aromatic N) is 2. The van der Waals surface area contributed by atoms with E-state index in [1.165, 1.54) is 24.2 Å². The molecule has 0 spiro atoms. The molecule has 17 heavy (non-hydrogen) atoms. The highest BCUT2D eigenvalue weighted by Gasteiger charge is 2.27. The van der Waals surface area contributed by atoms with E-state index in [0.29, 0.717) is 11.8 Å². The molecule has 0 aromatic carbocycles. The van der Waals surface area contributed by atoms with Gasteiger partial charge in [0, 0.05) is 5.92 Å². The average Bonchev–Trinajstić information content (AvgIpc) is 2.97. The molecule has 2 N–H and O–H groups in total. The van der Waals surface area contributed by atoms with Crippen molar-refractivity contribution >= 4 is 16.3 Å². The van der Waals surface area contributed by atoms with E-state index in [0.717, 1.165) is 28.7 Å². The summed E-state index contributed by atoms with van der Waals surface area (Å²) in [4.78, 5) is 4.48. The molecular weight excluding hydrogens is 234 g/mol. The molecule has 2 heterocycles. The molecule has 90 valence electrons. The molecule has 2 atom stereocenters. The van der Waals surface area contributed by atoms with Crippen LogP contribution in [0.1, 0.15) is 37.9 Å². The highest BCUT2D eigenvalue weighted by Crippen LogP contribution is 2.38. The number of hydrogen-bond acceptors (Lipinski definition) is 5. The fourth-order valence-corrected chi connectivity index (χ4v) is 3.08. The number of thiophene rings is 1. The van der Waals surface area contributed by atoms with Crippen LogP contribution >= 0.6 is 11.3 Å². The van der Waals surface area contributed by atoms with E-state index in [1.807, 2.05) is 11.4 Å². The van der Waals surface area contributed by atoms with Gasteiger partial charge in [-0.3, -0.25) is 0 Å². The SMILES string of the molecule is CC1CCC(c2noc(-c3ccsc3N)n2)C1. The van der Waals surface area contributed by atoms with Gasteiger partial charge in [0.25, 0.3) is 5.89 Å². The zero-order valence-electron chi connectivity index (χ0n) is 9.72. The maximum atomic E-state index is 5.85. The molecule has 1 aliphatic carbocycles. The number of hydrogen-bond donors (Lipinski definition) is 1. The van der Waals surface area contributed by atoms with Crippen molar-refractivity contribution in [3.8, 4) is 11.5 Å². The maximum absolute atomic E-state index is 5.85. The van der Waals surface area contributed by atoms with Gasteiger partial charge in [-0.25, -0.2) is 0 Å². The van der Waals surface area contributed by atoms with Crippen LogP contribution in [0.3, 0.4) is 0 Å². The fraction of sp³-hybridized carbons (Fsp3) is 0.500. The zero-order chi connectivity index (χ0) is 11.8. The summed E-state index contributed by atoms with van der Waals surface area (Å²) >= 11 is 1.49. The molecule has 1 fully saturated rings. The first-order valence-electron chi connectivity index (χ1n) is 5.91. The lowest BCUT2D eigenvalue weighted by Crippen LogP contribution is -1.96. The van der Waals surface area contributed by atoms with Crippen LogP contribution in [0.5, 0.6) is 0 Å². The van der Waals surface area contributed by atoms with Crippen LogP contribution < -0.4 is 5.73 Å². The highest BCUT2D eigenvalue weighted by molar-refractivity contribution is 7.14. The molecule has 0 aliphatic heterocycles. The average molecular weight is 249 g/mol. The Labute approximate surface area is 104 Å². The highest BCUT2D eigenvalue weighted by atomic mass is 32.1.